The lowest BCUT2D eigenvalue weighted by Gasteiger charge is -1.91. The van der Waals surface area contributed by atoms with E-state index >= 15 is 0 Å². The number of hydrogen-bond acceptors (Lipinski definition) is 2. The van der Waals surface area contributed by atoms with Crippen molar-refractivity contribution in [1.82, 2.24) is 4.98 Å². The predicted molar refractivity (Wildman–Crippen MR) is 59.4 cm³/mol. The molecule has 0 saturated heterocycles. The van der Waals surface area contributed by atoms with Crippen LogP contribution in [0.2, 0.25) is 0 Å². The van der Waals surface area contributed by atoms with E-state index in [2.05, 4.69) is 4.98 Å². The highest BCUT2D eigenvalue weighted by Crippen LogP contribution is 2.25. The summed E-state index contributed by atoms with van der Waals surface area (Å²) < 4.78 is 18.9. The molecule has 3 aromatic rings. The van der Waals surface area contributed by atoms with Gasteiger partial charge in [0.05, 0.1) is 0 Å². The Balaban J connectivity index is 2.23. The van der Waals surface area contributed by atoms with Crippen LogP contribution in [0.25, 0.3) is 22.6 Å². The molecular weight excluding hydrogens is 205 g/mol. The highest BCUT2D eigenvalue weighted by molar-refractivity contribution is 5.76. The minimum atomic E-state index is -0.358. The summed E-state index contributed by atoms with van der Waals surface area (Å²) >= 11 is 0. The second-order valence-electron chi connectivity index (χ2n) is 3.47. The molecule has 3 heteroatoms. The molecular formula is C13H8FNO. The quantitative estimate of drug-likeness (QED) is 0.616. The number of oxazole rings is 1. The van der Waals surface area contributed by atoms with Gasteiger partial charge in [-0.15, -0.1) is 0 Å². The summed E-state index contributed by atoms with van der Waals surface area (Å²) in [7, 11) is 0. The van der Waals surface area contributed by atoms with Crippen LogP contribution in [0.4, 0.5) is 4.39 Å². The molecule has 3 rings (SSSR count). The number of nitrogens with zero attached hydrogens (tertiary/aromatic N) is 1. The van der Waals surface area contributed by atoms with E-state index in [1.54, 1.807) is 12.1 Å². The lowest BCUT2D eigenvalue weighted by Crippen LogP contribution is -1.77. The van der Waals surface area contributed by atoms with Gasteiger partial charge in [0.25, 0.3) is 0 Å². The number of rotatable bonds is 1. The largest absolute Gasteiger partial charge is 0.436 e. The molecule has 0 aliphatic heterocycles. The zero-order valence-corrected chi connectivity index (χ0v) is 8.35. The van der Waals surface area contributed by atoms with E-state index in [0.717, 1.165) is 5.56 Å². The van der Waals surface area contributed by atoms with Gasteiger partial charge < -0.3 is 4.42 Å². The van der Waals surface area contributed by atoms with E-state index in [9.17, 15) is 4.39 Å². The Bertz CT molecular complexity index is 631. The smallest absolute Gasteiger partial charge is 0.227 e. The second-order valence-corrected chi connectivity index (χ2v) is 3.47. The highest BCUT2D eigenvalue weighted by Gasteiger charge is 2.10. The fraction of sp³-hybridized carbons (Fsp3) is 0. The maximum absolute atomic E-state index is 13.4. The fourth-order valence-corrected chi connectivity index (χ4v) is 1.62. The van der Waals surface area contributed by atoms with Crippen LogP contribution in [-0.4, -0.2) is 4.98 Å². The maximum Gasteiger partial charge on any atom is 0.227 e. The first-order valence-corrected chi connectivity index (χ1v) is 4.95. The third-order valence-electron chi connectivity index (χ3n) is 2.39. The van der Waals surface area contributed by atoms with E-state index in [1.807, 2.05) is 30.3 Å². The molecule has 78 valence electrons. The number of halogens is 1. The average molecular weight is 213 g/mol. The van der Waals surface area contributed by atoms with Crippen molar-refractivity contribution in [2.75, 3.05) is 0 Å². The standard InChI is InChI=1S/C13H8FNO/c14-10-7-4-8-11-12(10)15-13(16-11)9-5-2-1-3-6-9/h1-8H. The molecule has 1 aromatic heterocycles. The molecule has 0 unspecified atom stereocenters. The molecule has 16 heavy (non-hydrogen) atoms. The Morgan fingerprint density at radius 3 is 2.50 bits per heavy atom. The molecule has 0 bridgehead atoms. The molecule has 0 aliphatic rings. The van der Waals surface area contributed by atoms with Gasteiger partial charge >= 0.3 is 0 Å². The zero-order valence-electron chi connectivity index (χ0n) is 8.35. The Morgan fingerprint density at radius 2 is 1.75 bits per heavy atom. The van der Waals surface area contributed by atoms with Crippen molar-refractivity contribution in [3.05, 3.63) is 54.3 Å². The Morgan fingerprint density at radius 1 is 0.938 bits per heavy atom. The minimum Gasteiger partial charge on any atom is -0.436 e. The topological polar surface area (TPSA) is 26.0 Å². The van der Waals surface area contributed by atoms with Crippen LogP contribution in [0.5, 0.6) is 0 Å². The first kappa shape index (κ1) is 9.09. The van der Waals surface area contributed by atoms with Crippen LogP contribution in [0.3, 0.4) is 0 Å². The molecule has 0 atom stereocenters. The van der Waals surface area contributed by atoms with Crippen LogP contribution in [-0.2, 0) is 0 Å². The zero-order chi connectivity index (χ0) is 11.0. The van der Waals surface area contributed by atoms with E-state index in [4.69, 9.17) is 4.42 Å². The highest BCUT2D eigenvalue weighted by atomic mass is 19.1. The molecule has 0 spiro atoms. The summed E-state index contributed by atoms with van der Waals surface area (Å²) in [5, 5.41) is 0. The van der Waals surface area contributed by atoms with Gasteiger partial charge in [0.1, 0.15) is 5.52 Å². The van der Waals surface area contributed by atoms with Crippen molar-refractivity contribution in [2.24, 2.45) is 0 Å². The van der Waals surface area contributed by atoms with Gasteiger partial charge in [0.2, 0.25) is 5.89 Å². The molecule has 0 aliphatic carbocycles. The molecule has 2 aromatic carbocycles. The van der Waals surface area contributed by atoms with Crippen molar-refractivity contribution < 1.29 is 8.81 Å². The van der Waals surface area contributed by atoms with Crippen LogP contribution >= 0.6 is 0 Å². The minimum absolute atomic E-state index is 0.279. The third kappa shape index (κ3) is 1.37. The normalized spacial score (nSPS) is 10.8. The van der Waals surface area contributed by atoms with Gasteiger partial charge in [-0.2, -0.15) is 0 Å². The third-order valence-corrected chi connectivity index (χ3v) is 2.39. The molecule has 0 fully saturated rings. The summed E-state index contributed by atoms with van der Waals surface area (Å²) in [5.41, 5.74) is 1.60. The lowest BCUT2D eigenvalue weighted by molar-refractivity contribution is 0.617. The average Bonchev–Trinajstić information content (AvgIpc) is 2.76. The van der Waals surface area contributed by atoms with Crippen molar-refractivity contribution >= 4 is 11.1 Å². The molecule has 0 N–H and O–H groups in total. The van der Waals surface area contributed by atoms with Gasteiger partial charge in [-0.1, -0.05) is 24.3 Å². The molecule has 0 amide bonds. The van der Waals surface area contributed by atoms with Crippen LogP contribution < -0.4 is 0 Å². The van der Waals surface area contributed by atoms with Crippen LogP contribution in [0.1, 0.15) is 0 Å². The van der Waals surface area contributed by atoms with Crippen LogP contribution in [0, 0.1) is 5.82 Å². The number of fused-ring (bicyclic) bond motifs is 1. The first-order chi connectivity index (χ1) is 7.84. The van der Waals surface area contributed by atoms with Gasteiger partial charge in [0, 0.05) is 5.56 Å². The van der Waals surface area contributed by atoms with Gasteiger partial charge in [-0.05, 0) is 24.3 Å². The second kappa shape index (κ2) is 3.45. The summed E-state index contributed by atoms with van der Waals surface area (Å²) in [4.78, 5) is 4.14. The van der Waals surface area contributed by atoms with Gasteiger partial charge in [0.15, 0.2) is 11.4 Å². The number of benzene rings is 2. The summed E-state index contributed by atoms with van der Waals surface area (Å²) in [6.07, 6.45) is 0. The van der Waals surface area contributed by atoms with Crippen LogP contribution in [0.15, 0.2) is 52.9 Å². The van der Waals surface area contributed by atoms with Gasteiger partial charge in [-0.25, -0.2) is 9.37 Å². The molecule has 2 nitrogen and oxygen atoms in total. The van der Waals surface area contributed by atoms with E-state index in [1.165, 1.54) is 6.07 Å². The molecule has 0 radical (unpaired) electrons. The fourth-order valence-electron chi connectivity index (χ4n) is 1.62. The predicted octanol–water partition coefficient (Wildman–Crippen LogP) is 3.63. The molecule has 1 heterocycles. The Labute approximate surface area is 91.3 Å². The van der Waals surface area contributed by atoms with E-state index < -0.39 is 0 Å². The van der Waals surface area contributed by atoms with Crippen molar-refractivity contribution in [3.8, 4) is 11.5 Å². The molecule has 0 saturated carbocycles. The maximum atomic E-state index is 13.4. The van der Waals surface area contributed by atoms with Crippen molar-refractivity contribution in [1.29, 1.82) is 0 Å². The Hall–Kier alpha value is -2.16. The van der Waals surface area contributed by atoms with E-state index in [0.29, 0.717) is 11.5 Å². The Kier molecular flexibility index (Phi) is 1.96. The summed E-state index contributed by atoms with van der Waals surface area (Å²) in [5.74, 6) is 0.0872. The first-order valence-electron chi connectivity index (χ1n) is 4.95. The summed E-state index contributed by atoms with van der Waals surface area (Å²) in [6.45, 7) is 0. The van der Waals surface area contributed by atoms with Crippen molar-refractivity contribution in [2.45, 2.75) is 0 Å². The number of para-hydroxylation sites is 1. The SMILES string of the molecule is Fc1cccc2oc(-c3ccccc3)nc12. The lowest BCUT2D eigenvalue weighted by atomic mass is 10.2. The number of aromatic nitrogens is 1. The van der Waals surface area contributed by atoms with Crippen molar-refractivity contribution in [3.63, 3.8) is 0 Å². The van der Waals surface area contributed by atoms with E-state index in [-0.39, 0.29) is 11.3 Å². The van der Waals surface area contributed by atoms with Gasteiger partial charge in [-0.3, -0.25) is 0 Å². The monoisotopic (exact) mass is 213 g/mol. The number of hydrogen-bond donors (Lipinski definition) is 0. The summed E-state index contributed by atoms with van der Waals surface area (Å²) in [6, 6.07) is 14.1.